The summed E-state index contributed by atoms with van der Waals surface area (Å²) in [6.07, 6.45) is 2.11. The van der Waals surface area contributed by atoms with Crippen LogP contribution in [0, 0.1) is 5.41 Å². The molecule has 0 saturated carbocycles. The molecule has 2 rings (SSSR count). The molecule has 0 aliphatic carbocycles. The zero-order valence-corrected chi connectivity index (χ0v) is 11.6. The lowest BCUT2D eigenvalue weighted by molar-refractivity contribution is 0.331. The molecule has 1 atom stereocenters. The molecule has 0 bridgehead atoms. The summed E-state index contributed by atoms with van der Waals surface area (Å²) < 4.78 is 1.96. The van der Waals surface area contributed by atoms with Gasteiger partial charge >= 0.3 is 0 Å². The van der Waals surface area contributed by atoms with Crippen LogP contribution in [0.5, 0.6) is 0 Å². The van der Waals surface area contributed by atoms with Crippen LogP contribution in [-0.2, 0) is 13.5 Å². The van der Waals surface area contributed by atoms with Gasteiger partial charge in [-0.1, -0.05) is 27.7 Å². The van der Waals surface area contributed by atoms with Crippen molar-refractivity contribution in [3.8, 4) is 0 Å². The Hall–Kier alpha value is -1.19. The summed E-state index contributed by atoms with van der Waals surface area (Å²) in [5.74, 6) is 1.14. The SMILES string of the molecule is CCc1nn(C)c2c1NCCC(C(C)(C)C)N2. The van der Waals surface area contributed by atoms with Crippen LogP contribution in [0.3, 0.4) is 0 Å². The van der Waals surface area contributed by atoms with Gasteiger partial charge < -0.3 is 10.6 Å². The Morgan fingerprint density at radius 2 is 2.12 bits per heavy atom. The average Bonchev–Trinajstić information content (AvgIpc) is 2.45. The van der Waals surface area contributed by atoms with Crippen molar-refractivity contribution < 1.29 is 0 Å². The molecule has 4 heteroatoms. The smallest absolute Gasteiger partial charge is 0.148 e. The average molecular weight is 236 g/mol. The van der Waals surface area contributed by atoms with Crippen molar-refractivity contribution in [2.45, 2.75) is 46.6 Å². The molecule has 96 valence electrons. The molecule has 0 spiro atoms. The van der Waals surface area contributed by atoms with Gasteiger partial charge in [-0.3, -0.25) is 4.68 Å². The minimum atomic E-state index is 0.264. The predicted molar refractivity (Wildman–Crippen MR) is 72.6 cm³/mol. The maximum Gasteiger partial charge on any atom is 0.148 e. The number of anilines is 2. The molecule has 2 heterocycles. The highest BCUT2D eigenvalue weighted by Gasteiger charge is 2.29. The van der Waals surface area contributed by atoms with Gasteiger partial charge in [0.15, 0.2) is 0 Å². The van der Waals surface area contributed by atoms with Crippen molar-refractivity contribution in [3.05, 3.63) is 5.69 Å². The van der Waals surface area contributed by atoms with Crippen molar-refractivity contribution in [1.82, 2.24) is 9.78 Å². The summed E-state index contributed by atoms with van der Waals surface area (Å²) in [4.78, 5) is 0. The monoisotopic (exact) mass is 236 g/mol. The van der Waals surface area contributed by atoms with E-state index in [1.165, 1.54) is 5.69 Å². The Bertz CT molecular complexity index is 400. The molecule has 0 fully saturated rings. The van der Waals surface area contributed by atoms with Crippen LogP contribution >= 0.6 is 0 Å². The Kier molecular flexibility index (Phi) is 3.06. The maximum absolute atomic E-state index is 4.56. The van der Waals surface area contributed by atoms with Gasteiger partial charge in [0.2, 0.25) is 0 Å². The summed E-state index contributed by atoms with van der Waals surface area (Å²) in [6, 6.07) is 0.483. The van der Waals surface area contributed by atoms with Crippen LogP contribution < -0.4 is 10.6 Å². The second-order valence-electron chi connectivity index (χ2n) is 5.93. The summed E-state index contributed by atoms with van der Waals surface area (Å²) in [6.45, 7) is 10.0. The van der Waals surface area contributed by atoms with Gasteiger partial charge in [-0.25, -0.2) is 0 Å². The third kappa shape index (κ3) is 2.26. The van der Waals surface area contributed by atoms with E-state index in [0.29, 0.717) is 6.04 Å². The highest BCUT2D eigenvalue weighted by atomic mass is 15.3. The molecule has 0 amide bonds. The molecule has 2 N–H and O–H groups in total. The van der Waals surface area contributed by atoms with Crippen molar-refractivity contribution >= 4 is 11.5 Å². The first-order valence-corrected chi connectivity index (χ1v) is 6.49. The standard InChI is InChI=1S/C13H24N4/c1-6-9-11-12(17(5)16-9)15-10(7-8-14-11)13(2,3)4/h10,14-15H,6-8H2,1-5H3. The highest BCUT2D eigenvalue weighted by molar-refractivity contribution is 5.69. The number of hydrogen-bond acceptors (Lipinski definition) is 3. The third-order valence-electron chi connectivity index (χ3n) is 3.55. The van der Waals surface area contributed by atoms with Gasteiger partial charge in [0.1, 0.15) is 11.5 Å². The molecule has 1 aromatic heterocycles. The number of aryl methyl sites for hydroxylation is 2. The fraction of sp³-hybridized carbons (Fsp3) is 0.769. The Morgan fingerprint density at radius 1 is 1.41 bits per heavy atom. The van der Waals surface area contributed by atoms with Gasteiger partial charge in [-0.2, -0.15) is 5.10 Å². The topological polar surface area (TPSA) is 41.9 Å². The van der Waals surface area contributed by atoms with Crippen molar-refractivity contribution in [1.29, 1.82) is 0 Å². The summed E-state index contributed by atoms with van der Waals surface area (Å²) in [5, 5.41) is 11.7. The van der Waals surface area contributed by atoms with E-state index in [1.54, 1.807) is 0 Å². The van der Waals surface area contributed by atoms with E-state index in [-0.39, 0.29) is 5.41 Å². The van der Waals surface area contributed by atoms with Crippen LogP contribution in [0.4, 0.5) is 11.5 Å². The zero-order chi connectivity index (χ0) is 12.6. The third-order valence-corrected chi connectivity index (χ3v) is 3.55. The van der Waals surface area contributed by atoms with Gasteiger partial charge in [0.25, 0.3) is 0 Å². The fourth-order valence-corrected chi connectivity index (χ4v) is 2.41. The second kappa shape index (κ2) is 4.24. The van der Waals surface area contributed by atoms with E-state index < -0.39 is 0 Å². The lowest BCUT2D eigenvalue weighted by Crippen LogP contribution is -2.34. The van der Waals surface area contributed by atoms with Crippen LogP contribution in [0.2, 0.25) is 0 Å². The second-order valence-corrected chi connectivity index (χ2v) is 5.93. The molecule has 1 aliphatic heterocycles. The van der Waals surface area contributed by atoms with E-state index in [1.807, 2.05) is 11.7 Å². The van der Waals surface area contributed by atoms with E-state index in [0.717, 1.165) is 30.9 Å². The van der Waals surface area contributed by atoms with E-state index >= 15 is 0 Å². The quantitative estimate of drug-likeness (QED) is 0.787. The first-order valence-electron chi connectivity index (χ1n) is 6.49. The minimum Gasteiger partial charge on any atom is -0.380 e. The van der Waals surface area contributed by atoms with Crippen LogP contribution in [0.1, 0.15) is 39.8 Å². The lowest BCUT2D eigenvalue weighted by atomic mass is 9.85. The number of hydrogen-bond donors (Lipinski definition) is 2. The Morgan fingerprint density at radius 3 is 2.71 bits per heavy atom. The van der Waals surface area contributed by atoms with Gasteiger partial charge in [0, 0.05) is 19.6 Å². The number of nitrogens with one attached hydrogen (secondary N) is 2. The van der Waals surface area contributed by atoms with Crippen molar-refractivity contribution in [3.63, 3.8) is 0 Å². The molecule has 0 saturated heterocycles. The molecule has 0 aromatic carbocycles. The summed E-state index contributed by atoms with van der Waals surface area (Å²) >= 11 is 0. The molecule has 1 aliphatic rings. The van der Waals surface area contributed by atoms with Gasteiger partial charge in [0.05, 0.1) is 5.69 Å². The van der Waals surface area contributed by atoms with Gasteiger partial charge in [-0.05, 0) is 18.3 Å². The molecule has 1 aromatic rings. The molecule has 17 heavy (non-hydrogen) atoms. The molecule has 4 nitrogen and oxygen atoms in total. The summed E-state index contributed by atoms with van der Waals surface area (Å²) in [7, 11) is 2.01. The fourth-order valence-electron chi connectivity index (χ4n) is 2.41. The Labute approximate surface area is 104 Å². The van der Waals surface area contributed by atoms with Crippen molar-refractivity contribution in [2.24, 2.45) is 12.5 Å². The van der Waals surface area contributed by atoms with Crippen LogP contribution in [-0.4, -0.2) is 22.4 Å². The first-order chi connectivity index (χ1) is 7.93. The minimum absolute atomic E-state index is 0.264. The number of nitrogens with zero attached hydrogens (tertiary/aromatic N) is 2. The Balaban J connectivity index is 2.34. The van der Waals surface area contributed by atoms with E-state index in [2.05, 4.69) is 43.4 Å². The number of rotatable bonds is 1. The molecule has 1 unspecified atom stereocenters. The van der Waals surface area contributed by atoms with Gasteiger partial charge in [-0.15, -0.1) is 0 Å². The highest BCUT2D eigenvalue weighted by Crippen LogP contribution is 2.33. The summed E-state index contributed by atoms with van der Waals surface area (Å²) in [5.41, 5.74) is 2.62. The van der Waals surface area contributed by atoms with Crippen LogP contribution in [0.15, 0.2) is 0 Å². The number of fused-ring (bicyclic) bond motifs is 1. The lowest BCUT2D eigenvalue weighted by Gasteiger charge is -2.30. The first kappa shape index (κ1) is 12.3. The van der Waals surface area contributed by atoms with E-state index in [4.69, 9.17) is 0 Å². The zero-order valence-electron chi connectivity index (χ0n) is 11.6. The number of aromatic nitrogens is 2. The maximum atomic E-state index is 4.56. The van der Waals surface area contributed by atoms with Crippen molar-refractivity contribution in [2.75, 3.05) is 17.2 Å². The van der Waals surface area contributed by atoms with E-state index in [9.17, 15) is 0 Å². The predicted octanol–water partition coefficient (Wildman–Crippen LogP) is 2.62. The molecular weight excluding hydrogens is 212 g/mol. The molecular formula is C13H24N4. The largest absolute Gasteiger partial charge is 0.380 e. The van der Waals surface area contributed by atoms with Crippen LogP contribution in [0.25, 0.3) is 0 Å². The molecule has 0 radical (unpaired) electrons. The normalized spacial score (nSPS) is 20.2.